The van der Waals surface area contributed by atoms with Crippen LogP contribution >= 0.6 is 0 Å². The Bertz CT molecular complexity index is 333. The number of hydrogen-bond donors (Lipinski definition) is 0. The van der Waals surface area contributed by atoms with Crippen LogP contribution in [0.15, 0.2) is 0 Å². The van der Waals surface area contributed by atoms with Crippen molar-refractivity contribution in [2.75, 3.05) is 27.2 Å². The van der Waals surface area contributed by atoms with Gasteiger partial charge < -0.3 is 4.48 Å². The van der Waals surface area contributed by atoms with Crippen LogP contribution < -0.4 is 0 Å². The summed E-state index contributed by atoms with van der Waals surface area (Å²) < 4.78 is 1.23. The molecule has 0 amide bonds. The molecule has 0 aromatic carbocycles. The topological polar surface area (TPSA) is 0 Å². The Morgan fingerprint density at radius 1 is 0.419 bits per heavy atom. The van der Waals surface area contributed by atoms with Gasteiger partial charge in [0.05, 0.1) is 27.2 Å². The molecule has 0 N–H and O–H groups in total. The molecule has 0 aromatic heterocycles. The van der Waals surface area contributed by atoms with E-state index in [9.17, 15) is 0 Å². The molecule has 0 fully saturated rings. The Morgan fingerprint density at radius 2 is 0.710 bits per heavy atom. The van der Waals surface area contributed by atoms with Gasteiger partial charge in [-0.25, -0.2) is 0 Å². The summed E-state index contributed by atoms with van der Waals surface area (Å²) in [7, 11) is 4.87. The fourth-order valence-electron chi connectivity index (χ4n) is 4.82. The molecule has 0 saturated carbocycles. The van der Waals surface area contributed by atoms with Crippen LogP contribution in [0.4, 0.5) is 0 Å². The van der Waals surface area contributed by atoms with Gasteiger partial charge in [0.1, 0.15) is 0 Å². The minimum Gasteiger partial charge on any atom is -0.328 e. The van der Waals surface area contributed by atoms with E-state index in [-0.39, 0.29) is 0 Å². The Kier molecular flexibility index (Phi) is 23.1. The van der Waals surface area contributed by atoms with Crippen molar-refractivity contribution in [3.63, 3.8) is 0 Å². The van der Waals surface area contributed by atoms with Gasteiger partial charge in [-0.15, -0.1) is 0 Å². The van der Waals surface area contributed by atoms with Crippen molar-refractivity contribution in [1.82, 2.24) is 0 Å². The molecule has 0 saturated heterocycles. The van der Waals surface area contributed by atoms with Crippen LogP contribution in [0.25, 0.3) is 0 Å². The monoisotopic (exact) mass is 439 g/mol. The Labute approximate surface area is 199 Å². The molecule has 31 heavy (non-hydrogen) atoms. The smallest absolute Gasteiger partial charge is 0.0782 e. The van der Waals surface area contributed by atoms with Crippen molar-refractivity contribution in [1.29, 1.82) is 0 Å². The van der Waals surface area contributed by atoms with Crippen molar-refractivity contribution in [3.8, 4) is 0 Å². The maximum absolute atomic E-state index is 2.43. The second kappa shape index (κ2) is 23.1. The number of nitrogens with zero attached hydrogens (tertiary/aromatic N) is 1. The second-order valence-electron chi connectivity index (χ2n) is 11.6. The van der Waals surface area contributed by atoms with Gasteiger partial charge in [-0.2, -0.15) is 0 Å². The molecule has 188 valence electrons. The first-order valence-corrected chi connectivity index (χ1v) is 14.8. The summed E-state index contributed by atoms with van der Waals surface area (Å²) in [4.78, 5) is 0. The summed E-state index contributed by atoms with van der Waals surface area (Å²) in [6.07, 6.45) is 32.1. The van der Waals surface area contributed by atoms with Gasteiger partial charge in [-0.05, 0) is 31.6 Å². The van der Waals surface area contributed by atoms with Crippen LogP contribution in [0.3, 0.4) is 0 Å². The van der Waals surface area contributed by atoms with Gasteiger partial charge in [-0.3, -0.25) is 0 Å². The molecule has 0 heterocycles. The van der Waals surface area contributed by atoms with Crippen molar-refractivity contribution in [3.05, 3.63) is 0 Å². The maximum Gasteiger partial charge on any atom is 0.0782 e. The molecule has 1 heteroatoms. The van der Waals surface area contributed by atoms with Crippen LogP contribution in [0, 0.1) is 5.92 Å². The molecule has 0 radical (unpaired) electrons. The quantitative estimate of drug-likeness (QED) is 0.0981. The molecule has 0 aromatic rings. The van der Waals surface area contributed by atoms with Gasteiger partial charge in [0.25, 0.3) is 0 Å². The minimum atomic E-state index is 0.871. The standard InChI is InChI=1S/C30H64N/c1-6-7-8-9-10-11-12-13-14-15-16-17-18-19-20-21-22-23-25-28-31(4,5)29-26-24-27-30(2)3/h30H,6-29H2,1-5H3/q+1. The third-order valence-electron chi connectivity index (χ3n) is 7.16. The highest BCUT2D eigenvalue weighted by molar-refractivity contribution is 4.51. The SMILES string of the molecule is CCCCCCCCCCCCCCCCCCCCC[N+](C)(C)CCCCC(C)C. The zero-order valence-electron chi connectivity index (χ0n) is 23.0. The molecule has 0 unspecified atom stereocenters. The predicted molar refractivity (Wildman–Crippen MR) is 144 cm³/mol. The Balaban J connectivity index is 3.21. The summed E-state index contributed by atoms with van der Waals surface area (Å²) in [6.45, 7) is 9.74. The van der Waals surface area contributed by atoms with Gasteiger partial charge in [0, 0.05) is 0 Å². The first-order valence-electron chi connectivity index (χ1n) is 14.8. The summed E-state index contributed by atoms with van der Waals surface area (Å²) in [5.41, 5.74) is 0. The van der Waals surface area contributed by atoms with Gasteiger partial charge >= 0.3 is 0 Å². The Morgan fingerprint density at radius 3 is 1.03 bits per heavy atom. The third kappa shape index (κ3) is 26.1. The molecular weight excluding hydrogens is 374 g/mol. The van der Waals surface area contributed by atoms with Crippen LogP contribution in [-0.2, 0) is 0 Å². The van der Waals surface area contributed by atoms with Gasteiger partial charge in [0.2, 0.25) is 0 Å². The summed E-state index contributed by atoms with van der Waals surface area (Å²) in [6, 6.07) is 0. The first-order chi connectivity index (χ1) is 15.0. The molecule has 0 bridgehead atoms. The van der Waals surface area contributed by atoms with E-state index < -0.39 is 0 Å². The van der Waals surface area contributed by atoms with E-state index in [4.69, 9.17) is 0 Å². The van der Waals surface area contributed by atoms with E-state index in [1.165, 1.54) is 159 Å². The molecule has 0 aliphatic rings. The lowest BCUT2D eigenvalue weighted by Crippen LogP contribution is -2.41. The second-order valence-corrected chi connectivity index (χ2v) is 11.6. The van der Waals surface area contributed by atoms with Crippen molar-refractivity contribution < 1.29 is 4.48 Å². The van der Waals surface area contributed by atoms with E-state index in [0.717, 1.165) is 5.92 Å². The fraction of sp³-hybridized carbons (Fsp3) is 1.00. The van der Waals surface area contributed by atoms with E-state index in [1.807, 2.05) is 0 Å². The average molecular weight is 439 g/mol. The maximum atomic E-state index is 2.43. The highest BCUT2D eigenvalue weighted by atomic mass is 15.3. The zero-order chi connectivity index (χ0) is 23.0. The van der Waals surface area contributed by atoms with Gasteiger partial charge in [0.15, 0.2) is 0 Å². The van der Waals surface area contributed by atoms with E-state index in [0.29, 0.717) is 0 Å². The average Bonchev–Trinajstić information content (AvgIpc) is 2.73. The first kappa shape index (κ1) is 31.0. The van der Waals surface area contributed by atoms with Crippen molar-refractivity contribution in [2.24, 2.45) is 5.92 Å². The lowest BCUT2D eigenvalue weighted by atomic mass is 10.0. The summed E-state index contributed by atoms with van der Waals surface area (Å²) >= 11 is 0. The highest BCUT2D eigenvalue weighted by Gasteiger charge is 2.13. The van der Waals surface area contributed by atoms with Crippen molar-refractivity contribution >= 4 is 0 Å². The van der Waals surface area contributed by atoms with Crippen LogP contribution in [0.2, 0.25) is 0 Å². The van der Waals surface area contributed by atoms with E-state index in [1.54, 1.807) is 0 Å². The lowest BCUT2D eigenvalue weighted by Gasteiger charge is -2.30. The Hall–Kier alpha value is -0.0400. The third-order valence-corrected chi connectivity index (χ3v) is 7.16. The molecule has 0 aliphatic heterocycles. The predicted octanol–water partition coefficient (Wildman–Crippen LogP) is 10.3. The van der Waals surface area contributed by atoms with Crippen LogP contribution in [-0.4, -0.2) is 31.7 Å². The molecule has 0 aliphatic carbocycles. The fourth-order valence-corrected chi connectivity index (χ4v) is 4.82. The normalized spacial score (nSPS) is 12.2. The molecule has 0 rings (SSSR count). The largest absolute Gasteiger partial charge is 0.328 e. The van der Waals surface area contributed by atoms with Gasteiger partial charge in [-0.1, -0.05) is 136 Å². The van der Waals surface area contributed by atoms with E-state index in [2.05, 4.69) is 34.9 Å². The molecule has 0 atom stereocenters. The molecule has 0 spiro atoms. The lowest BCUT2D eigenvalue weighted by molar-refractivity contribution is -0.890. The molecular formula is C30H64N+. The zero-order valence-corrected chi connectivity index (χ0v) is 23.0. The van der Waals surface area contributed by atoms with Crippen LogP contribution in [0.1, 0.15) is 162 Å². The van der Waals surface area contributed by atoms with Crippen molar-refractivity contribution in [2.45, 2.75) is 162 Å². The molecule has 1 nitrogen and oxygen atoms in total. The van der Waals surface area contributed by atoms with E-state index >= 15 is 0 Å². The summed E-state index contributed by atoms with van der Waals surface area (Å²) in [5, 5.41) is 0. The number of hydrogen-bond acceptors (Lipinski definition) is 0. The number of unbranched alkanes of at least 4 members (excludes halogenated alkanes) is 19. The number of quaternary nitrogens is 1. The van der Waals surface area contributed by atoms with Crippen LogP contribution in [0.5, 0.6) is 0 Å². The summed E-state index contributed by atoms with van der Waals surface area (Å²) in [5.74, 6) is 0.871. The highest BCUT2D eigenvalue weighted by Crippen LogP contribution is 2.15. The number of rotatable bonds is 25. The minimum absolute atomic E-state index is 0.871.